The molecule has 0 radical (unpaired) electrons. The second kappa shape index (κ2) is 8.40. The third-order valence-electron chi connectivity index (χ3n) is 3.43. The predicted molar refractivity (Wildman–Crippen MR) is 73.8 cm³/mol. The highest BCUT2D eigenvalue weighted by Gasteiger charge is 2.30. The van der Waals surface area contributed by atoms with Gasteiger partial charge in [-0.1, -0.05) is 19.3 Å². The van der Waals surface area contributed by atoms with Crippen LogP contribution in [-0.4, -0.2) is 35.0 Å². The first kappa shape index (κ1) is 15.3. The maximum absolute atomic E-state index is 11.8. The molecule has 0 spiro atoms. The van der Waals surface area contributed by atoms with Gasteiger partial charge in [-0.25, -0.2) is 0 Å². The minimum absolute atomic E-state index is 0.00204. The summed E-state index contributed by atoms with van der Waals surface area (Å²) in [5, 5.41) is 12.1. The molecule has 0 aromatic carbocycles. The highest BCUT2D eigenvalue weighted by Crippen LogP contribution is 2.24. The summed E-state index contributed by atoms with van der Waals surface area (Å²) < 4.78 is 0. The lowest BCUT2D eigenvalue weighted by Crippen LogP contribution is -2.42. The summed E-state index contributed by atoms with van der Waals surface area (Å²) in [7, 11) is 0. The number of hydrogen-bond acceptors (Lipinski definition) is 3. The Morgan fingerprint density at radius 3 is 2.67 bits per heavy atom. The van der Waals surface area contributed by atoms with Crippen molar-refractivity contribution in [3.05, 3.63) is 0 Å². The third-order valence-corrected chi connectivity index (χ3v) is 4.13. The number of carboxylic acids is 1. The fourth-order valence-electron chi connectivity index (χ4n) is 2.43. The van der Waals surface area contributed by atoms with Crippen molar-refractivity contribution < 1.29 is 14.7 Å². The van der Waals surface area contributed by atoms with E-state index in [2.05, 4.69) is 5.32 Å². The van der Waals surface area contributed by atoms with Crippen molar-refractivity contribution in [3.63, 3.8) is 0 Å². The van der Waals surface area contributed by atoms with Gasteiger partial charge in [-0.15, -0.1) is 0 Å². The summed E-state index contributed by atoms with van der Waals surface area (Å²) >= 11 is 1.72. The maximum atomic E-state index is 11.8. The molecule has 0 aromatic heterocycles. The van der Waals surface area contributed by atoms with E-state index in [1.165, 1.54) is 0 Å². The van der Waals surface area contributed by atoms with Crippen molar-refractivity contribution in [3.8, 4) is 0 Å². The number of rotatable bonds is 6. The summed E-state index contributed by atoms with van der Waals surface area (Å²) in [5.41, 5.74) is 0. The maximum Gasteiger partial charge on any atom is 0.308 e. The Hall–Kier alpha value is -0.710. The van der Waals surface area contributed by atoms with Crippen molar-refractivity contribution in [2.24, 2.45) is 5.92 Å². The Bertz CT molecular complexity index is 283. The molecular formula is C13H23NO3S. The highest BCUT2D eigenvalue weighted by molar-refractivity contribution is 7.98. The van der Waals surface area contributed by atoms with Crippen molar-refractivity contribution in [1.82, 2.24) is 5.32 Å². The van der Waals surface area contributed by atoms with E-state index in [9.17, 15) is 14.7 Å². The van der Waals surface area contributed by atoms with Gasteiger partial charge in [0.15, 0.2) is 0 Å². The second-order valence-corrected chi connectivity index (χ2v) is 5.84. The first-order valence-electron chi connectivity index (χ1n) is 6.66. The molecule has 1 rings (SSSR count). The van der Waals surface area contributed by atoms with Crippen molar-refractivity contribution in [2.75, 3.05) is 12.0 Å². The Balaban J connectivity index is 2.44. The van der Waals surface area contributed by atoms with E-state index in [-0.39, 0.29) is 11.9 Å². The van der Waals surface area contributed by atoms with Gasteiger partial charge in [0, 0.05) is 12.5 Å². The Kier molecular flexibility index (Phi) is 7.16. The molecule has 0 aliphatic heterocycles. The van der Waals surface area contributed by atoms with Gasteiger partial charge in [0.25, 0.3) is 0 Å². The lowest BCUT2D eigenvalue weighted by atomic mass is 9.95. The molecule has 0 heterocycles. The number of hydrogen-bond donors (Lipinski definition) is 2. The summed E-state index contributed by atoms with van der Waals surface area (Å²) in [6, 6.07) is -0.174. The minimum atomic E-state index is -0.772. The number of nitrogens with one attached hydrogen (secondary N) is 1. The summed E-state index contributed by atoms with van der Waals surface area (Å²) in [6.07, 6.45) is 7.90. The molecule has 104 valence electrons. The number of carboxylic acid groups (broad SMARTS) is 1. The van der Waals surface area contributed by atoms with Crippen LogP contribution < -0.4 is 5.32 Å². The van der Waals surface area contributed by atoms with Crippen LogP contribution in [0, 0.1) is 5.92 Å². The Labute approximate surface area is 113 Å². The van der Waals surface area contributed by atoms with Gasteiger partial charge < -0.3 is 10.4 Å². The number of aliphatic carboxylic acids is 1. The van der Waals surface area contributed by atoms with Gasteiger partial charge in [0.2, 0.25) is 5.91 Å². The first-order chi connectivity index (χ1) is 8.65. The van der Waals surface area contributed by atoms with Crippen LogP contribution in [0.1, 0.15) is 44.9 Å². The van der Waals surface area contributed by atoms with E-state index in [1.54, 1.807) is 11.8 Å². The third kappa shape index (κ3) is 5.29. The molecule has 18 heavy (non-hydrogen) atoms. The lowest BCUT2D eigenvalue weighted by molar-refractivity contribution is -0.143. The standard InChI is InChI=1S/C13H23NO3S/c1-18-9-5-8-12(15)14-11-7-4-2-3-6-10(11)13(16)17/h10-11H,2-9H2,1H3,(H,14,15)(H,16,17)/t10-,11+/m1/s1. The molecule has 0 unspecified atom stereocenters. The largest absolute Gasteiger partial charge is 0.481 e. The topological polar surface area (TPSA) is 66.4 Å². The van der Waals surface area contributed by atoms with E-state index in [0.717, 1.165) is 37.9 Å². The molecule has 0 saturated heterocycles. The Morgan fingerprint density at radius 1 is 1.28 bits per heavy atom. The number of thioether (sulfide) groups is 1. The molecule has 1 saturated carbocycles. The monoisotopic (exact) mass is 273 g/mol. The quantitative estimate of drug-likeness (QED) is 0.575. The predicted octanol–water partition coefficient (Wildman–Crippen LogP) is 2.28. The van der Waals surface area contributed by atoms with E-state index in [0.29, 0.717) is 12.8 Å². The second-order valence-electron chi connectivity index (χ2n) is 4.85. The first-order valence-corrected chi connectivity index (χ1v) is 8.05. The van der Waals surface area contributed by atoms with E-state index >= 15 is 0 Å². The van der Waals surface area contributed by atoms with Crippen molar-refractivity contribution in [1.29, 1.82) is 0 Å². The number of carbonyl (C=O) groups is 2. The average molecular weight is 273 g/mol. The van der Waals surface area contributed by atoms with Gasteiger partial charge >= 0.3 is 5.97 Å². The van der Waals surface area contributed by atoms with Crippen LogP contribution in [0.25, 0.3) is 0 Å². The molecule has 1 amide bonds. The van der Waals surface area contributed by atoms with Gasteiger partial charge in [0.05, 0.1) is 5.92 Å². The van der Waals surface area contributed by atoms with Gasteiger partial charge in [0.1, 0.15) is 0 Å². The van der Waals surface area contributed by atoms with Gasteiger partial charge in [-0.05, 0) is 31.3 Å². The molecule has 0 aromatic rings. The normalized spacial score (nSPS) is 24.3. The van der Waals surface area contributed by atoms with Gasteiger partial charge in [-0.3, -0.25) is 9.59 Å². The molecule has 0 bridgehead atoms. The average Bonchev–Trinajstić information content (AvgIpc) is 2.55. The van der Waals surface area contributed by atoms with E-state index in [1.807, 2.05) is 6.26 Å². The van der Waals surface area contributed by atoms with Gasteiger partial charge in [-0.2, -0.15) is 11.8 Å². The van der Waals surface area contributed by atoms with Crippen molar-refractivity contribution >= 4 is 23.6 Å². The SMILES string of the molecule is CSCCCC(=O)N[C@H]1CCCCC[C@H]1C(=O)O. The fraction of sp³-hybridized carbons (Fsp3) is 0.846. The summed E-state index contributed by atoms with van der Waals surface area (Å²) in [5.74, 6) is -0.203. The highest BCUT2D eigenvalue weighted by atomic mass is 32.2. The zero-order valence-electron chi connectivity index (χ0n) is 11.0. The zero-order valence-corrected chi connectivity index (χ0v) is 11.8. The molecule has 2 N–H and O–H groups in total. The van der Waals surface area contributed by atoms with Crippen LogP contribution >= 0.6 is 11.8 Å². The zero-order chi connectivity index (χ0) is 13.4. The van der Waals surface area contributed by atoms with Crippen LogP contribution in [-0.2, 0) is 9.59 Å². The number of amides is 1. The lowest BCUT2D eigenvalue weighted by Gasteiger charge is -2.22. The molecule has 1 fully saturated rings. The Morgan fingerprint density at radius 2 is 2.00 bits per heavy atom. The van der Waals surface area contributed by atoms with Crippen LogP contribution in [0.3, 0.4) is 0 Å². The van der Waals surface area contributed by atoms with E-state index < -0.39 is 11.9 Å². The van der Waals surface area contributed by atoms with Crippen LogP contribution in [0.4, 0.5) is 0 Å². The van der Waals surface area contributed by atoms with Crippen LogP contribution in [0.5, 0.6) is 0 Å². The fourth-order valence-corrected chi connectivity index (χ4v) is 2.87. The molecule has 1 aliphatic carbocycles. The van der Waals surface area contributed by atoms with Crippen LogP contribution in [0.2, 0.25) is 0 Å². The molecular weight excluding hydrogens is 250 g/mol. The molecule has 4 nitrogen and oxygen atoms in total. The molecule has 2 atom stereocenters. The summed E-state index contributed by atoms with van der Waals surface area (Å²) in [4.78, 5) is 23.0. The van der Waals surface area contributed by atoms with Crippen LogP contribution in [0.15, 0.2) is 0 Å². The minimum Gasteiger partial charge on any atom is -0.481 e. The summed E-state index contributed by atoms with van der Waals surface area (Å²) in [6.45, 7) is 0. The van der Waals surface area contributed by atoms with Crippen molar-refractivity contribution in [2.45, 2.75) is 51.0 Å². The smallest absolute Gasteiger partial charge is 0.308 e. The molecule has 5 heteroatoms. The number of carbonyl (C=O) groups excluding carboxylic acids is 1. The molecule has 1 aliphatic rings. The van der Waals surface area contributed by atoms with E-state index in [4.69, 9.17) is 0 Å².